The zero-order chi connectivity index (χ0) is 21.0. The van der Waals surface area contributed by atoms with Crippen molar-refractivity contribution in [3.8, 4) is 0 Å². The van der Waals surface area contributed by atoms with Gasteiger partial charge in [-0.2, -0.15) is 0 Å². The van der Waals surface area contributed by atoms with Crippen LogP contribution in [0.3, 0.4) is 0 Å². The lowest BCUT2D eigenvalue weighted by Gasteiger charge is -2.39. The molecule has 2 fully saturated rings. The molecular formula is C21H36N6O2. The van der Waals surface area contributed by atoms with E-state index >= 15 is 0 Å². The van der Waals surface area contributed by atoms with Crippen molar-refractivity contribution in [1.82, 2.24) is 24.7 Å². The van der Waals surface area contributed by atoms with Gasteiger partial charge in [0.15, 0.2) is 5.96 Å². The minimum atomic E-state index is -0.472. The summed E-state index contributed by atoms with van der Waals surface area (Å²) in [5.74, 6) is 1.48. The first-order chi connectivity index (χ1) is 13.8. The molecule has 8 heteroatoms. The normalized spacial score (nSPS) is 23.1. The van der Waals surface area contributed by atoms with Crippen LogP contribution in [0.5, 0.6) is 0 Å². The van der Waals surface area contributed by atoms with Crippen LogP contribution in [0.1, 0.15) is 53.0 Å². The molecule has 162 valence electrons. The van der Waals surface area contributed by atoms with E-state index in [0.717, 1.165) is 38.3 Å². The number of aliphatic imine (C=N–C) groups is 1. The Labute approximate surface area is 174 Å². The first-order valence-corrected chi connectivity index (χ1v) is 10.7. The Morgan fingerprint density at radius 2 is 2.10 bits per heavy atom. The first kappa shape index (κ1) is 21.5. The molecule has 0 aromatic carbocycles. The van der Waals surface area contributed by atoms with Gasteiger partial charge in [0.05, 0.1) is 12.4 Å². The maximum absolute atomic E-state index is 12.5. The predicted octanol–water partition coefficient (Wildman–Crippen LogP) is 2.74. The smallest absolute Gasteiger partial charge is 0.410 e. The summed E-state index contributed by atoms with van der Waals surface area (Å²) in [4.78, 5) is 25.4. The summed E-state index contributed by atoms with van der Waals surface area (Å²) >= 11 is 0. The molecule has 1 N–H and O–H groups in total. The van der Waals surface area contributed by atoms with Gasteiger partial charge >= 0.3 is 6.09 Å². The number of guanidine groups is 1. The van der Waals surface area contributed by atoms with E-state index in [1.54, 1.807) is 0 Å². The molecule has 1 aliphatic carbocycles. The molecular weight excluding hydrogens is 368 g/mol. The van der Waals surface area contributed by atoms with Crippen LogP contribution in [0.2, 0.25) is 0 Å². The van der Waals surface area contributed by atoms with Crippen LogP contribution in [0.25, 0.3) is 0 Å². The van der Waals surface area contributed by atoms with Crippen molar-refractivity contribution in [2.75, 3.05) is 33.2 Å². The summed E-state index contributed by atoms with van der Waals surface area (Å²) < 4.78 is 7.77. The van der Waals surface area contributed by atoms with E-state index in [4.69, 9.17) is 4.74 Å². The fourth-order valence-corrected chi connectivity index (χ4v) is 3.85. The van der Waals surface area contributed by atoms with Crippen molar-refractivity contribution >= 4 is 12.1 Å². The highest BCUT2D eigenvalue weighted by Crippen LogP contribution is 2.29. The van der Waals surface area contributed by atoms with Crippen molar-refractivity contribution in [2.45, 2.75) is 64.6 Å². The van der Waals surface area contributed by atoms with Crippen LogP contribution in [0.4, 0.5) is 4.79 Å². The Morgan fingerprint density at radius 3 is 2.69 bits per heavy atom. The predicted molar refractivity (Wildman–Crippen MR) is 114 cm³/mol. The average Bonchev–Trinajstić information content (AvgIpc) is 3.34. The van der Waals surface area contributed by atoms with E-state index in [-0.39, 0.29) is 6.09 Å². The summed E-state index contributed by atoms with van der Waals surface area (Å²) in [6, 6.07) is 0.699. The van der Waals surface area contributed by atoms with Crippen LogP contribution < -0.4 is 5.32 Å². The van der Waals surface area contributed by atoms with E-state index in [0.29, 0.717) is 31.1 Å². The largest absolute Gasteiger partial charge is 0.444 e. The number of carbonyl (C=O) groups excluding carboxylic acids is 1. The molecule has 1 saturated carbocycles. The van der Waals surface area contributed by atoms with Gasteiger partial charge < -0.3 is 24.4 Å². The molecule has 3 rings (SSSR count). The Morgan fingerprint density at radius 1 is 1.34 bits per heavy atom. The summed E-state index contributed by atoms with van der Waals surface area (Å²) in [6.07, 6.45) is 8.78. The standard InChI is InChI=1S/C21H36N6O2/c1-16-8-11-25(14-18(16)26-12-9-23-15-26)19(22-5)24-10-13-27(17-6-7-17)20(28)29-21(2,3)4/h9,12,15-18H,6-8,10-11,13-14H2,1-5H3,(H,22,24). The second kappa shape index (κ2) is 9.05. The molecule has 29 heavy (non-hydrogen) atoms. The lowest BCUT2D eigenvalue weighted by Crippen LogP contribution is -2.50. The molecule has 1 aromatic rings. The number of hydrogen-bond acceptors (Lipinski definition) is 4. The molecule has 2 aliphatic rings. The second-order valence-electron chi connectivity index (χ2n) is 9.17. The highest BCUT2D eigenvalue weighted by molar-refractivity contribution is 5.80. The summed E-state index contributed by atoms with van der Waals surface area (Å²) in [7, 11) is 1.82. The molecule has 0 spiro atoms. The van der Waals surface area contributed by atoms with Crippen molar-refractivity contribution < 1.29 is 9.53 Å². The lowest BCUT2D eigenvalue weighted by molar-refractivity contribution is 0.0237. The summed E-state index contributed by atoms with van der Waals surface area (Å²) in [5.41, 5.74) is -0.472. The van der Waals surface area contributed by atoms with Gasteiger partial charge in [-0.1, -0.05) is 6.92 Å². The van der Waals surface area contributed by atoms with Gasteiger partial charge in [-0.15, -0.1) is 0 Å². The van der Waals surface area contributed by atoms with Crippen LogP contribution in [0, 0.1) is 5.92 Å². The van der Waals surface area contributed by atoms with E-state index in [9.17, 15) is 4.79 Å². The number of piperidine rings is 1. The fraction of sp³-hybridized carbons (Fsp3) is 0.762. The van der Waals surface area contributed by atoms with E-state index in [1.165, 1.54) is 0 Å². The van der Waals surface area contributed by atoms with Crippen LogP contribution in [-0.2, 0) is 4.74 Å². The third kappa shape index (κ3) is 5.87. The number of carbonyl (C=O) groups is 1. The average molecular weight is 405 g/mol. The molecule has 0 radical (unpaired) electrons. The number of aromatic nitrogens is 2. The number of nitrogens with one attached hydrogen (secondary N) is 1. The van der Waals surface area contributed by atoms with Crippen molar-refractivity contribution in [2.24, 2.45) is 10.9 Å². The minimum absolute atomic E-state index is 0.219. The van der Waals surface area contributed by atoms with E-state index in [1.807, 2.05) is 51.4 Å². The zero-order valence-corrected chi connectivity index (χ0v) is 18.5. The van der Waals surface area contributed by atoms with Crippen molar-refractivity contribution in [3.05, 3.63) is 18.7 Å². The Kier molecular flexibility index (Phi) is 6.70. The number of likely N-dealkylation sites (tertiary alicyclic amines) is 1. The molecule has 2 atom stereocenters. The molecule has 1 saturated heterocycles. The summed E-state index contributed by atoms with van der Waals surface area (Å²) in [6.45, 7) is 11.2. The van der Waals surface area contributed by atoms with Crippen molar-refractivity contribution in [1.29, 1.82) is 0 Å². The maximum atomic E-state index is 12.5. The molecule has 1 aromatic heterocycles. The van der Waals surface area contributed by atoms with Gasteiger partial charge in [-0.25, -0.2) is 9.78 Å². The number of amides is 1. The first-order valence-electron chi connectivity index (χ1n) is 10.7. The number of ether oxygens (including phenoxy) is 1. The SMILES string of the molecule is CN=C(NCCN(C(=O)OC(C)(C)C)C1CC1)N1CCC(C)C(n2ccnc2)C1. The lowest BCUT2D eigenvalue weighted by atomic mass is 9.93. The van der Waals surface area contributed by atoms with Gasteiger partial charge in [0.1, 0.15) is 5.60 Å². The van der Waals surface area contributed by atoms with Gasteiger partial charge in [-0.3, -0.25) is 4.99 Å². The topological polar surface area (TPSA) is 75.0 Å². The maximum Gasteiger partial charge on any atom is 0.410 e. The van der Waals surface area contributed by atoms with Gasteiger partial charge in [0.2, 0.25) is 0 Å². The highest BCUT2D eigenvalue weighted by atomic mass is 16.6. The molecule has 1 amide bonds. The number of imidazole rings is 1. The quantitative estimate of drug-likeness (QED) is 0.603. The van der Waals surface area contributed by atoms with Crippen LogP contribution in [-0.4, -0.2) is 76.3 Å². The summed E-state index contributed by atoms with van der Waals surface area (Å²) in [5, 5.41) is 3.45. The molecule has 8 nitrogen and oxygen atoms in total. The van der Waals surface area contributed by atoms with Crippen molar-refractivity contribution in [3.63, 3.8) is 0 Å². The zero-order valence-electron chi connectivity index (χ0n) is 18.5. The third-order valence-electron chi connectivity index (χ3n) is 5.59. The fourth-order valence-electron chi connectivity index (χ4n) is 3.85. The Bertz CT molecular complexity index is 693. The van der Waals surface area contributed by atoms with E-state index < -0.39 is 5.60 Å². The molecule has 0 bridgehead atoms. The monoisotopic (exact) mass is 404 g/mol. The van der Waals surface area contributed by atoms with Gasteiger partial charge in [0.25, 0.3) is 0 Å². The number of nitrogens with zero attached hydrogens (tertiary/aromatic N) is 5. The minimum Gasteiger partial charge on any atom is -0.444 e. The van der Waals surface area contributed by atoms with Gasteiger partial charge in [-0.05, 0) is 46.0 Å². The Balaban J connectivity index is 1.54. The highest BCUT2D eigenvalue weighted by Gasteiger charge is 2.35. The second-order valence-corrected chi connectivity index (χ2v) is 9.17. The number of hydrogen-bond donors (Lipinski definition) is 1. The van der Waals surface area contributed by atoms with Crippen LogP contribution >= 0.6 is 0 Å². The van der Waals surface area contributed by atoms with E-state index in [2.05, 4.69) is 31.7 Å². The molecule has 2 unspecified atom stereocenters. The molecule has 2 heterocycles. The molecule has 1 aliphatic heterocycles. The van der Waals surface area contributed by atoms with Crippen LogP contribution in [0.15, 0.2) is 23.7 Å². The number of rotatable bonds is 5. The third-order valence-corrected chi connectivity index (χ3v) is 5.59. The Hall–Kier alpha value is -2.25. The van der Waals surface area contributed by atoms with Gasteiger partial charge in [0, 0.05) is 51.7 Å².